The molecule has 0 atom stereocenters. The number of hydrogen-bond donors (Lipinski definition) is 1. The van der Waals surface area contributed by atoms with Crippen LogP contribution in [0.3, 0.4) is 0 Å². The zero-order chi connectivity index (χ0) is 2.71. The van der Waals surface area contributed by atoms with Gasteiger partial charge in [0.2, 0.25) is 0 Å². The summed E-state index contributed by atoms with van der Waals surface area (Å²) in [6.45, 7) is 0. The van der Waals surface area contributed by atoms with Crippen molar-refractivity contribution in [3.05, 3.63) is 0 Å². The van der Waals surface area contributed by atoms with Crippen LogP contribution < -0.4 is 35.3 Å². The Morgan fingerprint density at radius 2 is 2.00 bits per heavy atom. The van der Waals surface area contributed by atoms with Crippen molar-refractivity contribution in [3.63, 3.8) is 0 Å². The minimum Gasteiger partial charge on any atom is -1.00 e. The smallest absolute Gasteiger partial charge is 1.00 e. The second kappa shape index (κ2) is 10.4. The van der Waals surface area contributed by atoms with Gasteiger partial charge in [0.05, 0.1) is 0 Å². The van der Waals surface area contributed by atoms with Gasteiger partial charge < -0.3 is 7.16 Å². The fraction of sp³-hybridized carbons (Fsp3) is 0. The molecule has 0 heterocycles. The van der Waals surface area contributed by atoms with Gasteiger partial charge in [0.1, 0.15) is 0 Å². The first-order valence-electron chi connectivity index (χ1n) is 0.512. The molecule has 0 aliphatic rings. The summed E-state index contributed by atoms with van der Waals surface area (Å²) < 4.78 is 0. The van der Waals surface area contributed by atoms with Crippen LogP contribution in [0.15, 0.2) is 0 Å². The zero-order valence-corrected chi connectivity index (χ0v) is 4.52. The van der Waals surface area contributed by atoms with Crippen molar-refractivity contribution in [2.24, 2.45) is 5.73 Å². The second-order valence-electron chi connectivity index (χ2n) is 0.129. The summed E-state index contributed by atoms with van der Waals surface area (Å²) in [6.07, 6.45) is 1.25. The van der Waals surface area contributed by atoms with E-state index in [1.54, 1.807) is 0 Å². The van der Waals surface area contributed by atoms with Gasteiger partial charge in [0.25, 0.3) is 0 Å². The third-order valence-electron chi connectivity index (χ3n) is 0. The fourth-order valence-corrected chi connectivity index (χ4v) is 0. The van der Waals surface area contributed by atoms with Crippen LogP contribution in [0.4, 0.5) is 0 Å². The molecule has 18 valence electrons. The monoisotopic (exact) mass is 66.0 g/mol. The van der Waals surface area contributed by atoms with Crippen LogP contribution in [0.2, 0.25) is 0 Å². The summed E-state index contributed by atoms with van der Waals surface area (Å²) in [5.41, 5.74) is 4.15. The van der Waals surface area contributed by atoms with Crippen LogP contribution in [-0.2, 0) is 0 Å². The maximum Gasteiger partial charge on any atom is 1.00 e. The Bertz CT molecular complexity index is 31.1. The van der Waals surface area contributed by atoms with Gasteiger partial charge in [-0.1, -0.05) is 0 Å². The van der Waals surface area contributed by atoms with E-state index in [-0.39, 0.29) is 31.0 Å². The van der Waals surface area contributed by atoms with Crippen molar-refractivity contribution in [2.45, 2.75) is 0 Å². The Labute approximate surface area is 48.4 Å². The van der Waals surface area contributed by atoms with Crippen molar-refractivity contribution < 1.29 is 31.0 Å². The molecule has 0 bridgehead atoms. The molecule has 0 aliphatic heterocycles. The molecule has 0 spiro atoms. The van der Waals surface area contributed by atoms with Crippen molar-refractivity contribution in [1.82, 2.24) is 0 Å². The Morgan fingerprint density at radius 1 is 2.00 bits per heavy atom. The molecular formula is CH3N2Na. The third-order valence-corrected chi connectivity index (χ3v) is 0. The number of nitrogens with two attached hydrogens (primary N) is 1. The quantitative estimate of drug-likeness (QED) is 0.181. The normalized spacial score (nSPS) is 1.75. The summed E-state index contributed by atoms with van der Waals surface area (Å²) in [6, 6.07) is 0. The standard InChI is InChI=1S/CH2N2.Na.H/c2-1-3;;/h2H2;;/q;+1;-1. The maximum absolute atomic E-state index is 7.10. The van der Waals surface area contributed by atoms with E-state index in [9.17, 15) is 0 Å². The average Bonchev–Trinajstić information content (AvgIpc) is 0.918. The topological polar surface area (TPSA) is 49.8 Å². The molecule has 0 radical (unpaired) electrons. The zero-order valence-electron chi connectivity index (χ0n) is 3.52. The second-order valence-corrected chi connectivity index (χ2v) is 0.129. The summed E-state index contributed by atoms with van der Waals surface area (Å²) in [7, 11) is 0. The Kier molecular flexibility index (Phi) is 23.0. The Balaban J connectivity index is -0.0000000200. The summed E-state index contributed by atoms with van der Waals surface area (Å²) in [4.78, 5) is 0. The molecule has 0 fully saturated rings. The van der Waals surface area contributed by atoms with Gasteiger partial charge in [-0.3, -0.25) is 0 Å². The average molecular weight is 66.0 g/mol. The SMILES string of the molecule is N#CN.[H-].[Na+]. The largest absolute Gasteiger partial charge is 1.00 e. The molecule has 3 heteroatoms. The van der Waals surface area contributed by atoms with Crippen molar-refractivity contribution in [1.29, 1.82) is 5.26 Å². The van der Waals surface area contributed by atoms with E-state index in [1.165, 1.54) is 6.19 Å². The first-order valence-corrected chi connectivity index (χ1v) is 0.512. The molecule has 4 heavy (non-hydrogen) atoms. The molecule has 0 unspecified atom stereocenters. The van der Waals surface area contributed by atoms with Crippen LogP contribution in [0.5, 0.6) is 0 Å². The number of hydrogen-bond acceptors (Lipinski definition) is 2. The summed E-state index contributed by atoms with van der Waals surface area (Å²) in [5, 5.41) is 7.10. The molecular weight excluding hydrogens is 63.0 g/mol. The van der Waals surface area contributed by atoms with Crippen molar-refractivity contribution in [3.8, 4) is 6.19 Å². The summed E-state index contributed by atoms with van der Waals surface area (Å²) >= 11 is 0. The van der Waals surface area contributed by atoms with E-state index in [4.69, 9.17) is 5.26 Å². The van der Waals surface area contributed by atoms with Gasteiger partial charge >= 0.3 is 29.6 Å². The molecule has 0 saturated carbocycles. The molecule has 0 amide bonds. The van der Waals surface area contributed by atoms with E-state index < -0.39 is 0 Å². The van der Waals surface area contributed by atoms with Crippen molar-refractivity contribution >= 4 is 0 Å². The van der Waals surface area contributed by atoms with Gasteiger partial charge in [-0.05, 0) is 0 Å². The van der Waals surface area contributed by atoms with Gasteiger partial charge in [-0.25, -0.2) is 0 Å². The fourth-order valence-electron chi connectivity index (χ4n) is 0. The molecule has 2 nitrogen and oxygen atoms in total. The molecule has 0 aromatic carbocycles. The Hall–Kier alpha value is 0.290. The molecule has 0 rings (SSSR count). The van der Waals surface area contributed by atoms with Crippen LogP contribution in [0, 0.1) is 11.5 Å². The first kappa shape index (κ1) is 8.85. The van der Waals surface area contributed by atoms with E-state index in [0.29, 0.717) is 0 Å². The predicted molar refractivity (Wildman–Crippen MR) is 10.9 cm³/mol. The molecule has 2 N–H and O–H groups in total. The van der Waals surface area contributed by atoms with Gasteiger partial charge in [-0.2, -0.15) is 5.26 Å². The molecule has 0 aromatic rings. The van der Waals surface area contributed by atoms with Crippen molar-refractivity contribution in [2.75, 3.05) is 0 Å². The minimum atomic E-state index is 0. The molecule has 0 aromatic heterocycles. The third kappa shape index (κ3) is 45.3. The van der Waals surface area contributed by atoms with E-state index in [0.717, 1.165) is 0 Å². The van der Waals surface area contributed by atoms with Crippen LogP contribution in [-0.4, -0.2) is 0 Å². The number of rotatable bonds is 0. The van der Waals surface area contributed by atoms with E-state index in [1.807, 2.05) is 0 Å². The Morgan fingerprint density at radius 3 is 2.00 bits per heavy atom. The predicted octanol–water partition coefficient (Wildman–Crippen LogP) is -3.46. The van der Waals surface area contributed by atoms with E-state index in [2.05, 4.69) is 5.73 Å². The number of nitrogens with zero attached hydrogens (tertiary/aromatic N) is 1. The molecule has 0 saturated heterocycles. The first-order chi connectivity index (χ1) is 1.41. The van der Waals surface area contributed by atoms with Gasteiger partial charge in [0.15, 0.2) is 6.19 Å². The number of nitriles is 1. The summed E-state index contributed by atoms with van der Waals surface area (Å²) in [5.74, 6) is 0. The maximum atomic E-state index is 7.10. The van der Waals surface area contributed by atoms with Crippen LogP contribution >= 0.6 is 0 Å². The van der Waals surface area contributed by atoms with Gasteiger partial charge in [-0.15, -0.1) is 0 Å². The minimum absolute atomic E-state index is 0. The van der Waals surface area contributed by atoms with Crippen LogP contribution in [0.25, 0.3) is 0 Å². The van der Waals surface area contributed by atoms with Crippen LogP contribution in [0.1, 0.15) is 1.43 Å². The molecule has 0 aliphatic carbocycles. The van der Waals surface area contributed by atoms with Gasteiger partial charge in [0, 0.05) is 0 Å². The van der Waals surface area contributed by atoms with E-state index >= 15 is 0 Å².